The highest BCUT2D eigenvalue weighted by Gasteiger charge is 2.33. The molecule has 2 N–H and O–H groups in total. The van der Waals surface area contributed by atoms with E-state index in [0.29, 0.717) is 0 Å². The fourth-order valence-electron chi connectivity index (χ4n) is 1.68. The summed E-state index contributed by atoms with van der Waals surface area (Å²) in [5.74, 6) is -13.8. The van der Waals surface area contributed by atoms with Crippen LogP contribution in [-0.2, 0) is 0 Å². The molecule has 2 aromatic rings. The van der Waals surface area contributed by atoms with Crippen LogP contribution in [0.4, 0.5) is 33.3 Å². The van der Waals surface area contributed by atoms with Crippen molar-refractivity contribution in [2.45, 2.75) is 0 Å². The van der Waals surface area contributed by atoms with E-state index in [0.717, 1.165) is 7.11 Å². The van der Waals surface area contributed by atoms with E-state index in [2.05, 4.69) is 9.84 Å². The topological polar surface area (TPSA) is 110 Å². The van der Waals surface area contributed by atoms with Gasteiger partial charge < -0.3 is 10.1 Å². The van der Waals surface area contributed by atoms with Crippen molar-refractivity contribution in [2.75, 3.05) is 12.4 Å². The van der Waals surface area contributed by atoms with Crippen LogP contribution in [0.2, 0.25) is 0 Å². The van der Waals surface area contributed by atoms with E-state index >= 15 is 0 Å². The maximum atomic E-state index is 13.5. The molecule has 0 aliphatic rings. The van der Waals surface area contributed by atoms with Crippen molar-refractivity contribution in [1.82, 2.24) is 10.2 Å². The molecule has 1 aromatic heterocycles. The average molecular weight is 352 g/mol. The van der Waals surface area contributed by atoms with Gasteiger partial charge in [-0.25, -0.2) is 22.0 Å². The summed E-state index contributed by atoms with van der Waals surface area (Å²) in [5, 5.41) is 17.4. The molecule has 0 atom stereocenters. The van der Waals surface area contributed by atoms with Crippen molar-refractivity contribution < 1.29 is 36.4 Å². The molecule has 0 saturated carbocycles. The minimum atomic E-state index is -2.42. The van der Waals surface area contributed by atoms with Crippen LogP contribution in [0.1, 0.15) is 10.5 Å². The second-order valence-electron chi connectivity index (χ2n) is 4.11. The van der Waals surface area contributed by atoms with Crippen LogP contribution in [0.15, 0.2) is 0 Å². The highest BCUT2D eigenvalue weighted by Crippen LogP contribution is 2.30. The predicted octanol–water partition coefficient (Wildman–Crippen LogP) is 2.27. The third kappa shape index (κ3) is 2.59. The number of H-pyrrole nitrogens is 1. The van der Waals surface area contributed by atoms with Crippen molar-refractivity contribution in [3.63, 3.8) is 0 Å². The van der Waals surface area contributed by atoms with Gasteiger partial charge in [-0.1, -0.05) is 0 Å². The largest absolute Gasteiger partial charge is 0.475 e. The van der Waals surface area contributed by atoms with Crippen LogP contribution < -0.4 is 10.1 Å². The Hall–Kier alpha value is -3.25. The van der Waals surface area contributed by atoms with Crippen molar-refractivity contribution >= 4 is 17.3 Å². The Morgan fingerprint density at radius 2 is 1.62 bits per heavy atom. The molecule has 2 rings (SSSR count). The van der Waals surface area contributed by atoms with Gasteiger partial charge in [0.1, 0.15) is 5.69 Å². The van der Waals surface area contributed by atoms with Gasteiger partial charge in [0.25, 0.3) is 5.91 Å². The van der Waals surface area contributed by atoms with E-state index in [1.54, 1.807) is 0 Å². The molecule has 0 aliphatic heterocycles. The number of ether oxygens (including phenoxy) is 1. The Kier molecular flexibility index (Phi) is 4.35. The van der Waals surface area contributed by atoms with Crippen LogP contribution >= 0.6 is 0 Å². The van der Waals surface area contributed by atoms with Crippen LogP contribution in [0, 0.1) is 39.2 Å². The monoisotopic (exact) mass is 352 g/mol. The Bertz CT molecular complexity index is 824. The van der Waals surface area contributed by atoms with Gasteiger partial charge in [-0.2, -0.15) is 0 Å². The number of methoxy groups -OCH3 is 1. The van der Waals surface area contributed by atoms with Crippen molar-refractivity contribution in [2.24, 2.45) is 0 Å². The second kappa shape index (κ2) is 6.10. The number of carbonyl (C=O) groups is 1. The lowest BCUT2D eigenvalue weighted by atomic mass is 10.2. The molecule has 0 unspecified atom stereocenters. The van der Waals surface area contributed by atoms with Crippen molar-refractivity contribution in [3.8, 4) is 5.88 Å². The molecular formula is C11H5F5N4O4. The molecule has 0 bridgehead atoms. The summed E-state index contributed by atoms with van der Waals surface area (Å²) in [6.45, 7) is 0. The third-order valence-electron chi connectivity index (χ3n) is 2.76. The fraction of sp³-hybridized carbons (Fsp3) is 0.0909. The first-order chi connectivity index (χ1) is 11.2. The highest BCUT2D eigenvalue weighted by molar-refractivity contribution is 6.06. The highest BCUT2D eigenvalue weighted by atomic mass is 19.2. The summed E-state index contributed by atoms with van der Waals surface area (Å²) in [6.07, 6.45) is 0. The molecule has 0 radical (unpaired) electrons. The van der Waals surface area contributed by atoms with E-state index in [-0.39, 0.29) is 0 Å². The molecule has 0 saturated heterocycles. The maximum absolute atomic E-state index is 13.5. The molecule has 24 heavy (non-hydrogen) atoms. The molecule has 128 valence electrons. The second-order valence-corrected chi connectivity index (χ2v) is 4.11. The van der Waals surface area contributed by atoms with Gasteiger partial charge >= 0.3 is 11.6 Å². The number of halogens is 5. The lowest BCUT2D eigenvalue weighted by Crippen LogP contribution is -2.18. The summed E-state index contributed by atoms with van der Waals surface area (Å²) in [5.41, 5.74) is -3.57. The Morgan fingerprint density at radius 3 is 2.08 bits per heavy atom. The van der Waals surface area contributed by atoms with E-state index in [9.17, 15) is 36.9 Å². The summed E-state index contributed by atoms with van der Waals surface area (Å²) in [4.78, 5) is 21.7. The number of amides is 1. The molecule has 13 heteroatoms. The van der Waals surface area contributed by atoms with Gasteiger partial charge in [-0.3, -0.25) is 20.0 Å². The molecule has 0 aliphatic carbocycles. The van der Waals surface area contributed by atoms with Gasteiger partial charge in [0.15, 0.2) is 23.3 Å². The first-order valence-electron chi connectivity index (χ1n) is 5.80. The molecule has 8 nitrogen and oxygen atoms in total. The van der Waals surface area contributed by atoms with E-state index in [4.69, 9.17) is 0 Å². The number of nitro groups is 1. The molecule has 1 amide bonds. The van der Waals surface area contributed by atoms with Crippen LogP contribution in [0.5, 0.6) is 5.88 Å². The average Bonchev–Trinajstić information content (AvgIpc) is 2.99. The van der Waals surface area contributed by atoms with Crippen molar-refractivity contribution in [3.05, 3.63) is 44.9 Å². The zero-order chi connectivity index (χ0) is 18.2. The normalized spacial score (nSPS) is 10.6. The fourth-order valence-corrected chi connectivity index (χ4v) is 1.68. The number of nitrogens with zero attached hydrogens (tertiary/aromatic N) is 2. The molecule has 0 spiro atoms. The molecule has 1 aromatic carbocycles. The summed E-state index contributed by atoms with van der Waals surface area (Å²) >= 11 is 0. The Labute approximate surface area is 128 Å². The number of aromatic amines is 1. The minimum absolute atomic E-state index is 0.623. The number of hydrogen-bond acceptors (Lipinski definition) is 5. The molecular weight excluding hydrogens is 347 g/mol. The van der Waals surface area contributed by atoms with Crippen LogP contribution in [0.3, 0.4) is 0 Å². The minimum Gasteiger partial charge on any atom is -0.475 e. The zero-order valence-electron chi connectivity index (χ0n) is 11.4. The number of rotatable bonds is 4. The molecule has 1 heterocycles. The lowest BCUT2D eigenvalue weighted by Gasteiger charge is -2.08. The third-order valence-corrected chi connectivity index (χ3v) is 2.76. The Morgan fingerprint density at radius 1 is 1.12 bits per heavy atom. The van der Waals surface area contributed by atoms with Gasteiger partial charge in [0, 0.05) is 0 Å². The number of aromatic nitrogens is 2. The summed E-state index contributed by atoms with van der Waals surface area (Å²) < 4.78 is 70.5. The van der Waals surface area contributed by atoms with Crippen LogP contribution in [0.25, 0.3) is 0 Å². The standard InChI is InChI=1S/C11H5F5N4O4/c1-24-11-9(20(22)23)8(18-19-11)10(21)17-7-5(15)3(13)2(12)4(14)6(7)16/h1H3,(H,17,21)(H,18,19). The maximum Gasteiger partial charge on any atom is 0.362 e. The SMILES string of the molecule is COc1n[nH]c(C(=O)Nc2c(F)c(F)c(F)c(F)c2F)c1[N+](=O)[O-]. The van der Waals surface area contributed by atoms with Crippen LogP contribution in [-0.4, -0.2) is 28.1 Å². The predicted molar refractivity (Wildman–Crippen MR) is 66.0 cm³/mol. The van der Waals surface area contributed by atoms with Gasteiger partial charge in [0.2, 0.25) is 11.5 Å². The smallest absolute Gasteiger partial charge is 0.362 e. The number of benzene rings is 1. The van der Waals surface area contributed by atoms with E-state index < -0.39 is 62.9 Å². The zero-order valence-corrected chi connectivity index (χ0v) is 11.4. The van der Waals surface area contributed by atoms with E-state index in [1.807, 2.05) is 5.10 Å². The summed E-state index contributed by atoms with van der Waals surface area (Å²) in [6, 6.07) is 0. The first-order valence-corrected chi connectivity index (χ1v) is 5.80. The molecule has 0 fully saturated rings. The number of hydrogen-bond donors (Lipinski definition) is 2. The number of carbonyl (C=O) groups excluding carboxylic acids is 1. The first kappa shape index (κ1) is 17.1. The van der Waals surface area contributed by atoms with Crippen molar-refractivity contribution in [1.29, 1.82) is 0 Å². The van der Waals surface area contributed by atoms with Gasteiger partial charge in [0.05, 0.1) is 12.0 Å². The van der Waals surface area contributed by atoms with Gasteiger partial charge in [-0.15, -0.1) is 5.10 Å². The quantitative estimate of drug-likeness (QED) is 0.288. The summed E-state index contributed by atoms with van der Waals surface area (Å²) in [7, 11) is 0.995. The lowest BCUT2D eigenvalue weighted by molar-refractivity contribution is -0.386. The number of anilines is 1. The number of nitrogens with one attached hydrogen (secondary N) is 2. The van der Waals surface area contributed by atoms with Gasteiger partial charge in [-0.05, 0) is 0 Å². The Balaban J connectivity index is 2.49. The van der Waals surface area contributed by atoms with E-state index in [1.165, 1.54) is 5.32 Å².